The highest BCUT2D eigenvalue weighted by atomic mass is 28.2. The van der Waals surface area contributed by atoms with Crippen LogP contribution in [0.3, 0.4) is 0 Å². The molecule has 0 aliphatic carbocycles. The third-order valence-corrected chi connectivity index (χ3v) is 12.5. The van der Waals surface area contributed by atoms with Gasteiger partial charge in [-0.25, -0.2) is 4.98 Å². The van der Waals surface area contributed by atoms with Crippen molar-refractivity contribution in [2.75, 3.05) is 0 Å². The van der Waals surface area contributed by atoms with Gasteiger partial charge in [0, 0.05) is 17.1 Å². The predicted molar refractivity (Wildman–Crippen MR) is 185 cm³/mol. The topological polar surface area (TPSA) is 47.9 Å². The number of pyridine rings is 1. The van der Waals surface area contributed by atoms with Crippen LogP contribution in [-0.2, 0) is 0 Å². The van der Waals surface area contributed by atoms with Gasteiger partial charge >= 0.3 is 0 Å². The van der Waals surface area contributed by atoms with Gasteiger partial charge in [0.15, 0.2) is 0 Å². The number of rotatable bonds is 24. The van der Waals surface area contributed by atoms with Crippen molar-refractivity contribution in [1.82, 2.24) is 15.0 Å². The molecule has 0 saturated heterocycles. The summed E-state index contributed by atoms with van der Waals surface area (Å²) in [4.78, 5) is 14.2. The highest BCUT2D eigenvalue weighted by Crippen LogP contribution is 2.23. The first-order valence-corrected chi connectivity index (χ1v) is 20.6. The highest BCUT2D eigenvalue weighted by Gasteiger charge is 2.12. The number of aromatic nitrogens is 3. The van der Waals surface area contributed by atoms with Crippen LogP contribution in [0, 0.1) is 23.7 Å². The Morgan fingerprint density at radius 2 is 1.37 bits per heavy atom. The summed E-state index contributed by atoms with van der Waals surface area (Å²) in [5, 5.41) is 1.27. The third kappa shape index (κ3) is 16.0. The number of hydrogen-bond donors (Lipinski definition) is 0. The quantitative estimate of drug-likeness (QED) is 0.0897. The molecule has 2 aromatic heterocycles. The zero-order valence-electron chi connectivity index (χ0n) is 27.7. The largest absolute Gasteiger partial charge is 0.535 e. The van der Waals surface area contributed by atoms with E-state index in [0.717, 1.165) is 29.4 Å². The van der Waals surface area contributed by atoms with Crippen LogP contribution in [0.15, 0.2) is 30.7 Å². The van der Waals surface area contributed by atoms with Gasteiger partial charge in [-0.1, -0.05) is 137 Å². The minimum Gasteiger partial charge on any atom is -0.535 e. The van der Waals surface area contributed by atoms with Crippen LogP contribution >= 0.6 is 0 Å². The van der Waals surface area contributed by atoms with Crippen molar-refractivity contribution in [2.24, 2.45) is 23.7 Å². The Balaban J connectivity index is 1.73. The second-order valence-electron chi connectivity index (χ2n) is 13.2. The maximum absolute atomic E-state index is 6.20. The van der Waals surface area contributed by atoms with E-state index in [4.69, 9.17) is 14.4 Å². The average molecular weight is 598 g/mol. The summed E-state index contributed by atoms with van der Waals surface area (Å²) < 4.78 is 6.20. The number of unbranched alkanes of at least 4 members (excludes halogenated alkanes) is 4. The monoisotopic (exact) mass is 597 g/mol. The van der Waals surface area contributed by atoms with Gasteiger partial charge in [0.2, 0.25) is 15.6 Å². The molecule has 4 nitrogen and oxygen atoms in total. The lowest BCUT2D eigenvalue weighted by molar-refractivity contribution is 0.382. The lowest BCUT2D eigenvalue weighted by Gasteiger charge is -2.16. The summed E-state index contributed by atoms with van der Waals surface area (Å²) in [6.45, 7) is 14.3. The van der Waals surface area contributed by atoms with E-state index >= 15 is 0 Å². The van der Waals surface area contributed by atoms with E-state index in [1.807, 2.05) is 18.5 Å². The predicted octanol–water partition coefficient (Wildman–Crippen LogP) is 8.68. The Labute approximate surface area is 258 Å². The second-order valence-corrected chi connectivity index (χ2v) is 16.3. The first kappa shape index (κ1) is 35.7. The smallest absolute Gasteiger partial charge is 0.221 e. The maximum Gasteiger partial charge on any atom is 0.221 e. The molecule has 2 rings (SSSR count). The zero-order valence-corrected chi connectivity index (χ0v) is 30.5. The lowest BCUT2D eigenvalue weighted by Crippen LogP contribution is -2.21. The summed E-state index contributed by atoms with van der Waals surface area (Å²) in [5.74, 6) is 4.03. The lowest BCUT2D eigenvalue weighted by atomic mass is 9.91. The summed E-state index contributed by atoms with van der Waals surface area (Å²) in [6.07, 6.45) is 24.7. The summed E-state index contributed by atoms with van der Waals surface area (Å²) >= 11 is 0. The van der Waals surface area contributed by atoms with E-state index in [2.05, 4.69) is 52.6 Å². The van der Waals surface area contributed by atoms with Gasteiger partial charge < -0.3 is 4.43 Å². The summed E-state index contributed by atoms with van der Waals surface area (Å²) in [6, 6.07) is 6.72. The van der Waals surface area contributed by atoms with E-state index < -0.39 is 19.3 Å². The first-order valence-electron chi connectivity index (χ1n) is 17.3. The molecule has 4 atom stereocenters. The Morgan fingerprint density at radius 1 is 0.732 bits per heavy atom. The molecule has 232 valence electrons. The molecule has 0 saturated carbocycles. The highest BCUT2D eigenvalue weighted by molar-refractivity contribution is 6.54. The SMILES string of the molecule is CCCCCC(C)CCC(C)CCCC[SiH2]c1ncccc1-c1cncc(O[SiH2]CC(C)CCC(C)CCCC)n1. The molecule has 0 aliphatic rings. The molecular weight excluding hydrogens is 535 g/mol. The maximum atomic E-state index is 6.20. The van der Waals surface area contributed by atoms with Crippen LogP contribution in [0.5, 0.6) is 5.88 Å². The molecule has 6 heteroatoms. The molecular formula is C35H63N3OSi2. The van der Waals surface area contributed by atoms with Crippen LogP contribution in [0.4, 0.5) is 0 Å². The fourth-order valence-electron chi connectivity index (χ4n) is 5.76. The van der Waals surface area contributed by atoms with Crippen LogP contribution in [0.1, 0.15) is 131 Å². The van der Waals surface area contributed by atoms with E-state index in [-0.39, 0.29) is 0 Å². The van der Waals surface area contributed by atoms with E-state index in [0.29, 0.717) is 5.88 Å². The van der Waals surface area contributed by atoms with Crippen LogP contribution < -0.4 is 9.74 Å². The molecule has 0 spiro atoms. The number of nitrogens with zero attached hydrogens (tertiary/aromatic N) is 3. The zero-order chi connectivity index (χ0) is 29.7. The minimum absolute atomic E-state index is 0.434. The Hall–Kier alpha value is -1.54. The molecule has 0 fully saturated rings. The standard InChI is InChI=1S/C35H63N3OSi2/c1-7-9-11-16-29(4)19-20-30(5)17-12-13-24-40-35-32(18-14-23-37-35)33-25-36-26-34(38-33)39-41-27-31(6)22-21-28(3)15-10-8-2/h14,18,23,25-26,28-31H,7-13,15-17,19-22,24,27,40-41H2,1-6H3. The van der Waals surface area contributed by atoms with Crippen molar-refractivity contribution in [1.29, 1.82) is 0 Å². The van der Waals surface area contributed by atoms with Gasteiger partial charge in [-0.15, -0.1) is 0 Å². The van der Waals surface area contributed by atoms with Gasteiger partial charge in [-0.3, -0.25) is 9.97 Å². The van der Waals surface area contributed by atoms with Crippen molar-refractivity contribution in [3.63, 3.8) is 0 Å². The first-order chi connectivity index (χ1) is 19.9. The molecule has 0 aliphatic heterocycles. The van der Waals surface area contributed by atoms with Gasteiger partial charge in [0.1, 0.15) is 0 Å². The summed E-state index contributed by atoms with van der Waals surface area (Å²) in [7, 11) is -1.08. The van der Waals surface area contributed by atoms with Crippen molar-refractivity contribution in [2.45, 2.75) is 144 Å². The van der Waals surface area contributed by atoms with E-state index in [1.54, 1.807) is 6.20 Å². The second kappa shape index (κ2) is 22.1. The molecule has 0 amide bonds. The Morgan fingerprint density at radius 3 is 2.05 bits per heavy atom. The Bertz CT molecular complexity index is 928. The minimum atomic E-state index is -0.650. The van der Waals surface area contributed by atoms with E-state index in [9.17, 15) is 0 Å². The molecule has 41 heavy (non-hydrogen) atoms. The molecule has 4 unspecified atom stereocenters. The van der Waals surface area contributed by atoms with Crippen LogP contribution in [-0.4, -0.2) is 34.2 Å². The molecule has 0 aromatic carbocycles. The normalized spacial score (nSPS) is 15.1. The van der Waals surface area contributed by atoms with Crippen molar-refractivity contribution >= 4 is 24.6 Å². The third-order valence-electron chi connectivity index (χ3n) is 8.91. The van der Waals surface area contributed by atoms with Gasteiger partial charge in [-0.2, -0.15) is 0 Å². The number of hydrogen-bond acceptors (Lipinski definition) is 4. The fraction of sp³-hybridized carbons (Fsp3) is 0.743. The van der Waals surface area contributed by atoms with Gasteiger partial charge in [-0.05, 0) is 41.8 Å². The molecule has 2 heterocycles. The van der Waals surface area contributed by atoms with Crippen molar-refractivity contribution < 1.29 is 4.43 Å². The molecule has 0 N–H and O–H groups in total. The van der Waals surface area contributed by atoms with Crippen molar-refractivity contribution in [3.8, 4) is 17.1 Å². The van der Waals surface area contributed by atoms with Gasteiger partial charge in [0.25, 0.3) is 0 Å². The molecule has 2 aromatic rings. The molecule has 0 bridgehead atoms. The van der Waals surface area contributed by atoms with Gasteiger partial charge in [0.05, 0.1) is 27.6 Å². The fourth-order valence-corrected chi connectivity index (χ4v) is 8.65. The Kier molecular flexibility index (Phi) is 19.2. The van der Waals surface area contributed by atoms with E-state index in [1.165, 1.54) is 113 Å². The average Bonchev–Trinajstić information content (AvgIpc) is 2.98. The van der Waals surface area contributed by atoms with Crippen molar-refractivity contribution in [3.05, 3.63) is 30.7 Å². The molecule has 0 radical (unpaired) electrons. The van der Waals surface area contributed by atoms with Crippen LogP contribution in [0.2, 0.25) is 12.1 Å². The van der Waals surface area contributed by atoms with Crippen LogP contribution in [0.25, 0.3) is 11.3 Å². The summed E-state index contributed by atoms with van der Waals surface area (Å²) in [5.41, 5.74) is 2.09.